The Kier molecular flexibility index (Phi) is 5.52. The summed E-state index contributed by atoms with van der Waals surface area (Å²) in [6.07, 6.45) is 7.47. The van der Waals surface area contributed by atoms with E-state index in [0.717, 1.165) is 41.4 Å². The molecule has 7 nitrogen and oxygen atoms in total. The van der Waals surface area contributed by atoms with Crippen LogP contribution in [-0.2, 0) is 6.54 Å². The summed E-state index contributed by atoms with van der Waals surface area (Å²) >= 11 is 1.66. The minimum Gasteiger partial charge on any atom is -0.320 e. The Morgan fingerprint density at radius 2 is 1.76 bits per heavy atom. The second-order valence-corrected chi connectivity index (χ2v) is 9.42. The third kappa shape index (κ3) is 4.06. The molecule has 170 valence electrons. The highest BCUT2D eigenvalue weighted by Crippen LogP contribution is 2.30. The fraction of sp³-hybridized carbons (Fsp3) is 0.231. The van der Waals surface area contributed by atoms with Gasteiger partial charge in [-0.25, -0.2) is 9.97 Å². The fourth-order valence-electron chi connectivity index (χ4n) is 4.49. The number of aromatic nitrogens is 4. The number of fused-ring (bicyclic) bond motifs is 2. The molecular formula is C26H24N6OS. The molecule has 0 bridgehead atoms. The summed E-state index contributed by atoms with van der Waals surface area (Å²) in [7, 11) is 0. The zero-order chi connectivity index (χ0) is 22.9. The van der Waals surface area contributed by atoms with Crippen molar-refractivity contribution in [1.82, 2.24) is 24.3 Å². The first-order valence-electron chi connectivity index (χ1n) is 11.5. The van der Waals surface area contributed by atoms with Gasteiger partial charge in [0.2, 0.25) is 0 Å². The Morgan fingerprint density at radius 1 is 0.971 bits per heavy atom. The van der Waals surface area contributed by atoms with E-state index >= 15 is 0 Å². The Morgan fingerprint density at radius 3 is 2.65 bits per heavy atom. The van der Waals surface area contributed by atoms with Crippen molar-refractivity contribution in [3.05, 3.63) is 77.7 Å². The van der Waals surface area contributed by atoms with Crippen molar-refractivity contribution >= 4 is 38.9 Å². The standard InChI is InChI=1S/C26H24N6OS/c33-25(23-14-27-21-10-4-5-11-22(21)28-23)29-20-9-3-2-8-19(20)24-16-32-18(17-34-26(32)30-24)15-31-12-6-1-7-13-31/h2-5,8-11,14,16-17H,1,6-7,12-13,15H2,(H,29,33). The van der Waals surface area contributed by atoms with Crippen molar-refractivity contribution in [3.63, 3.8) is 0 Å². The van der Waals surface area contributed by atoms with Crippen LogP contribution in [0.2, 0.25) is 0 Å². The van der Waals surface area contributed by atoms with Gasteiger partial charge in [0.05, 0.1) is 28.6 Å². The molecule has 0 atom stereocenters. The molecule has 0 spiro atoms. The van der Waals surface area contributed by atoms with Crippen molar-refractivity contribution in [2.75, 3.05) is 18.4 Å². The number of anilines is 1. The molecule has 1 N–H and O–H groups in total. The molecule has 1 aliphatic heterocycles. The van der Waals surface area contributed by atoms with Crippen molar-refractivity contribution in [1.29, 1.82) is 0 Å². The Balaban J connectivity index is 1.28. The van der Waals surface area contributed by atoms with Gasteiger partial charge >= 0.3 is 0 Å². The van der Waals surface area contributed by atoms with Gasteiger partial charge in [0.1, 0.15) is 5.69 Å². The number of amides is 1. The monoisotopic (exact) mass is 468 g/mol. The zero-order valence-corrected chi connectivity index (χ0v) is 19.5. The van der Waals surface area contributed by atoms with Gasteiger partial charge in [-0.15, -0.1) is 11.3 Å². The number of carbonyl (C=O) groups is 1. The van der Waals surface area contributed by atoms with Crippen LogP contribution in [0.3, 0.4) is 0 Å². The molecule has 8 heteroatoms. The van der Waals surface area contributed by atoms with Crippen molar-refractivity contribution in [3.8, 4) is 11.3 Å². The second-order valence-electron chi connectivity index (χ2n) is 8.59. The molecule has 2 aromatic carbocycles. The number of piperidine rings is 1. The summed E-state index contributed by atoms with van der Waals surface area (Å²) in [4.78, 5) is 30.2. The van der Waals surface area contributed by atoms with Gasteiger partial charge < -0.3 is 5.32 Å². The Bertz CT molecular complexity index is 1480. The number of rotatable bonds is 5. The molecule has 4 heterocycles. The Labute approximate surface area is 201 Å². The van der Waals surface area contributed by atoms with Gasteiger partial charge in [0.15, 0.2) is 4.96 Å². The van der Waals surface area contributed by atoms with Crippen molar-refractivity contribution < 1.29 is 4.79 Å². The highest BCUT2D eigenvalue weighted by atomic mass is 32.1. The summed E-state index contributed by atoms with van der Waals surface area (Å²) in [6.45, 7) is 3.26. The summed E-state index contributed by atoms with van der Waals surface area (Å²) in [5, 5.41) is 5.21. The summed E-state index contributed by atoms with van der Waals surface area (Å²) in [5.74, 6) is -0.294. The van der Waals surface area contributed by atoms with Gasteiger partial charge in [-0.05, 0) is 44.1 Å². The minimum atomic E-state index is -0.294. The number of thiazole rings is 1. The minimum absolute atomic E-state index is 0.281. The number of imidazole rings is 1. The molecule has 0 radical (unpaired) electrons. The molecule has 6 rings (SSSR count). The molecular weight excluding hydrogens is 444 g/mol. The lowest BCUT2D eigenvalue weighted by atomic mass is 10.1. The van der Waals surface area contributed by atoms with Gasteiger partial charge in [0.25, 0.3) is 5.91 Å². The maximum atomic E-state index is 13.0. The Hall–Kier alpha value is -3.62. The summed E-state index contributed by atoms with van der Waals surface area (Å²) in [5.41, 5.74) is 5.41. The van der Waals surface area contributed by atoms with Gasteiger partial charge in [-0.2, -0.15) is 0 Å². The number of likely N-dealkylation sites (tertiary alicyclic amines) is 1. The van der Waals surface area contributed by atoms with E-state index in [-0.39, 0.29) is 11.6 Å². The SMILES string of the molecule is O=C(Nc1ccccc1-c1cn2c(CN3CCCCC3)csc2n1)c1cnc2ccccc2n1. The molecule has 0 saturated carbocycles. The molecule has 1 aliphatic rings. The number of benzene rings is 2. The maximum Gasteiger partial charge on any atom is 0.275 e. The van der Waals surface area contributed by atoms with Crippen molar-refractivity contribution in [2.24, 2.45) is 0 Å². The van der Waals surface area contributed by atoms with Crippen LogP contribution in [-0.4, -0.2) is 43.2 Å². The number of hydrogen-bond donors (Lipinski definition) is 1. The molecule has 1 amide bonds. The van der Waals surface area contributed by atoms with E-state index in [9.17, 15) is 4.79 Å². The quantitative estimate of drug-likeness (QED) is 0.382. The van der Waals surface area contributed by atoms with E-state index in [1.807, 2.05) is 48.5 Å². The van der Waals surface area contributed by atoms with E-state index in [0.29, 0.717) is 11.2 Å². The van der Waals surface area contributed by atoms with Gasteiger partial charge in [0, 0.05) is 29.4 Å². The van der Waals surface area contributed by atoms with E-state index in [1.165, 1.54) is 31.2 Å². The van der Waals surface area contributed by atoms with E-state index in [4.69, 9.17) is 4.98 Å². The number of carbonyl (C=O) groups excluding carboxylic acids is 1. The van der Waals surface area contributed by atoms with Crippen LogP contribution in [0.15, 0.2) is 66.3 Å². The lowest BCUT2D eigenvalue weighted by molar-refractivity contribution is 0.102. The molecule has 0 unspecified atom stereocenters. The summed E-state index contributed by atoms with van der Waals surface area (Å²) < 4.78 is 2.18. The third-order valence-electron chi connectivity index (χ3n) is 6.25. The third-order valence-corrected chi connectivity index (χ3v) is 7.14. The molecule has 1 saturated heterocycles. The first-order chi connectivity index (χ1) is 16.7. The lowest BCUT2D eigenvalue weighted by Gasteiger charge is -2.25. The fourth-order valence-corrected chi connectivity index (χ4v) is 5.35. The number of nitrogens with zero attached hydrogens (tertiary/aromatic N) is 5. The van der Waals surface area contributed by atoms with E-state index in [2.05, 4.69) is 36.2 Å². The average Bonchev–Trinajstić information content (AvgIpc) is 3.46. The topological polar surface area (TPSA) is 75.4 Å². The predicted molar refractivity (Wildman–Crippen MR) is 135 cm³/mol. The van der Waals surface area contributed by atoms with Gasteiger partial charge in [-0.3, -0.25) is 19.1 Å². The molecule has 0 aliphatic carbocycles. The van der Waals surface area contributed by atoms with Crippen LogP contribution in [0.1, 0.15) is 35.4 Å². The van der Waals surface area contributed by atoms with Gasteiger partial charge in [-0.1, -0.05) is 36.8 Å². The molecule has 5 aromatic rings. The number of para-hydroxylation sites is 3. The first-order valence-corrected chi connectivity index (χ1v) is 12.4. The van der Waals surface area contributed by atoms with Crippen LogP contribution < -0.4 is 5.32 Å². The highest BCUT2D eigenvalue weighted by Gasteiger charge is 2.17. The molecule has 34 heavy (non-hydrogen) atoms. The number of hydrogen-bond acceptors (Lipinski definition) is 6. The van der Waals surface area contributed by atoms with E-state index in [1.54, 1.807) is 11.3 Å². The van der Waals surface area contributed by atoms with Crippen LogP contribution in [0.4, 0.5) is 5.69 Å². The molecule has 3 aromatic heterocycles. The zero-order valence-electron chi connectivity index (χ0n) is 18.6. The molecule has 1 fully saturated rings. The summed E-state index contributed by atoms with van der Waals surface area (Å²) in [6, 6.07) is 15.3. The van der Waals surface area contributed by atoms with Crippen LogP contribution in [0.25, 0.3) is 27.3 Å². The van der Waals surface area contributed by atoms with Crippen LogP contribution in [0.5, 0.6) is 0 Å². The van der Waals surface area contributed by atoms with Crippen LogP contribution in [0, 0.1) is 0 Å². The normalized spacial score (nSPS) is 14.6. The average molecular weight is 469 g/mol. The van der Waals surface area contributed by atoms with Crippen LogP contribution >= 0.6 is 11.3 Å². The number of nitrogens with one attached hydrogen (secondary N) is 1. The second kappa shape index (κ2) is 8.96. The lowest BCUT2D eigenvalue weighted by Crippen LogP contribution is -2.29. The van der Waals surface area contributed by atoms with Crippen molar-refractivity contribution in [2.45, 2.75) is 25.8 Å². The maximum absolute atomic E-state index is 13.0. The smallest absolute Gasteiger partial charge is 0.275 e. The first kappa shape index (κ1) is 20.9. The highest BCUT2D eigenvalue weighted by molar-refractivity contribution is 7.15. The largest absolute Gasteiger partial charge is 0.320 e. The van der Waals surface area contributed by atoms with E-state index < -0.39 is 0 Å². The predicted octanol–water partition coefficient (Wildman–Crippen LogP) is 5.24.